The fourth-order valence-electron chi connectivity index (χ4n) is 2.42. The minimum atomic E-state index is -2.89. The number of rotatable bonds is 4. The predicted octanol–water partition coefficient (Wildman–Crippen LogP) is 3.31. The Morgan fingerprint density at radius 1 is 1.29 bits per heavy atom. The molecule has 2 rings (SSSR count). The Morgan fingerprint density at radius 3 is 2.57 bits per heavy atom. The molecule has 1 aromatic rings. The number of anilines is 1. The van der Waals surface area contributed by atoms with Crippen LogP contribution in [-0.2, 0) is 4.79 Å². The second-order valence-electron chi connectivity index (χ2n) is 5.08. The van der Waals surface area contributed by atoms with Crippen molar-refractivity contribution in [1.29, 1.82) is 0 Å². The minimum Gasteiger partial charge on any atom is -0.435 e. The summed E-state index contributed by atoms with van der Waals surface area (Å²) in [6.07, 6.45) is 4.24. The summed E-state index contributed by atoms with van der Waals surface area (Å²) in [5, 5.41) is 2.68. The summed E-state index contributed by atoms with van der Waals surface area (Å²) >= 11 is 0. The lowest BCUT2D eigenvalue weighted by Gasteiger charge is -2.31. The highest BCUT2D eigenvalue weighted by molar-refractivity contribution is 5.98. The van der Waals surface area contributed by atoms with Crippen LogP contribution in [0.1, 0.15) is 32.1 Å². The second-order valence-corrected chi connectivity index (χ2v) is 5.08. The molecule has 3 N–H and O–H groups in total. The SMILES string of the molecule is Cl.NC1(C(=O)Nc2cccc(OC(F)F)c2)CCCCC1. The number of benzene rings is 1. The number of halogens is 3. The van der Waals surface area contributed by atoms with Crippen LogP contribution in [0, 0.1) is 0 Å². The highest BCUT2D eigenvalue weighted by Crippen LogP contribution is 2.28. The average molecular weight is 321 g/mol. The van der Waals surface area contributed by atoms with Gasteiger partial charge in [0, 0.05) is 11.8 Å². The van der Waals surface area contributed by atoms with Crippen molar-refractivity contribution < 1.29 is 18.3 Å². The quantitative estimate of drug-likeness (QED) is 0.894. The number of hydrogen-bond acceptors (Lipinski definition) is 3. The van der Waals surface area contributed by atoms with Crippen molar-refractivity contribution in [3.8, 4) is 5.75 Å². The molecule has 0 radical (unpaired) electrons. The van der Waals surface area contributed by atoms with Crippen LogP contribution in [0.2, 0.25) is 0 Å². The van der Waals surface area contributed by atoms with E-state index in [1.807, 2.05) is 0 Å². The van der Waals surface area contributed by atoms with E-state index >= 15 is 0 Å². The van der Waals surface area contributed by atoms with Crippen LogP contribution in [0.3, 0.4) is 0 Å². The molecule has 0 heterocycles. The third kappa shape index (κ3) is 4.82. The molecule has 0 unspecified atom stereocenters. The largest absolute Gasteiger partial charge is 0.435 e. The lowest BCUT2D eigenvalue weighted by Crippen LogP contribution is -2.52. The molecule has 0 spiro atoms. The van der Waals surface area contributed by atoms with Gasteiger partial charge in [0.1, 0.15) is 5.75 Å². The van der Waals surface area contributed by atoms with E-state index < -0.39 is 12.2 Å². The van der Waals surface area contributed by atoms with Crippen molar-refractivity contribution >= 4 is 24.0 Å². The Labute approximate surface area is 128 Å². The fraction of sp³-hybridized carbons (Fsp3) is 0.500. The molecule has 4 nitrogen and oxygen atoms in total. The van der Waals surface area contributed by atoms with Gasteiger partial charge >= 0.3 is 6.61 Å². The Kier molecular flexibility index (Phi) is 6.36. The molecule has 1 amide bonds. The molecule has 1 saturated carbocycles. The van der Waals surface area contributed by atoms with Gasteiger partial charge in [-0.25, -0.2) is 0 Å². The number of carbonyl (C=O) groups is 1. The zero-order valence-corrected chi connectivity index (χ0v) is 12.3. The van der Waals surface area contributed by atoms with Gasteiger partial charge in [0.05, 0.1) is 5.54 Å². The predicted molar refractivity (Wildman–Crippen MR) is 79.0 cm³/mol. The summed E-state index contributed by atoms with van der Waals surface area (Å²) in [7, 11) is 0. The maximum absolute atomic E-state index is 12.2. The molecule has 0 saturated heterocycles. The zero-order chi connectivity index (χ0) is 14.6. The summed E-state index contributed by atoms with van der Waals surface area (Å²) in [4.78, 5) is 12.2. The van der Waals surface area contributed by atoms with Crippen LogP contribution < -0.4 is 15.8 Å². The van der Waals surface area contributed by atoms with E-state index in [0.29, 0.717) is 18.5 Å². The molecule has 1 aliphatic rings. The average Bonchev–Trinajstić information content (AvgIpc) is 2.39. The van der Waals surface area contributed by atoms with E-state index in [1.165, 1.54) is 18.2 Å². The summed E-state index contributed by atoms with van der Waals surface area (Å²) in [6.45, 7) is -2.89. The Balaban J connectivity index is 0.00000220. The van der Waals surface area contributed by atoms with Crippen LogP contribution in [0.15, 0.2) is 24.3 Å². The monoisotopic (exact) mass is 320 g/mol. The van der Waals surface area contributed by atoms with Gasteiger partial charge in [-0.2, -0.15) is 8.78 Å². The first kappa shape index (κ1) is 17.7. The van der Waals surface area contributed by atoms with Crippen molar-refractivity contribution in [1.82, 2.24) is 0 Å². The van der Waals surface area contributed by atoms with Crippen molar-refractivity contribution in [3.63, 3.8) is 0 Å². The van der Waals surface area contributed by atoms with Gasteiger partial charge in [-0.3, -0.25) is 4.79 Å². The lowest BCUT2D eigenvalue weighted by atomic mass is 9.82. The summed E-state index contributed by atoms with van der Waals surface area (Å²) in [5.41, 5.74) is 5.65. The Hall–Kier alpha value is -1.40. The van der Waals surface area contributed by atoms with E-state index in [-0.39, 0.29) is 24.1 Å². The van der Waals surface area contributed by atoms with E-state index in [4.69, 9.17) is 5.73 Å². The number of carbonyl (C=O) groups excluding carboxylic acids is 1. The third-order valence-electron chi connectivity index (χ3n) is 3.52. The molecule has 0 bridgehead atoms. The van der Waals surface area contributed by atoms with Crippen molar-refractivity contribution in [2.75, 3.05) is 5.32 Å². The molecule has 118 valence electrons. The summed E-state index contributed by atoms with van der Waals surface area (Å²) in [5.74, 6) is -0.265. The van der Waals surface area contributed by atoms with Crippen LogP contribution in [-0.4, -0.2) is 18.1 Å². The lowest BCUT2D eigenvalue weighted by molar-refractivity contribution is -0.122. The zero-order valence-electron chi connectivity index (χ0n) is 11.5. The van der Waals surface area contributed by atoms with Gasteiger partial charge in [0.15, 0.2) is 0 Å². The van der Waals surface area contributed by atoms with E-state index in [0.717, 1.165) is 19.3 Å². The number of alkyl halides is 2. The van der Waals surface area contributed by atoms with E-state index in [1.54, 1.807) is 6.07 Å². The summed E-state index contributed by atoms with van der Waals surface area (Å²) < 4.78 is 28.6. The standard InChI is InChI=1S/C14H18F2N2O2.ClH/c15-13(16)20-11-6-4-5-10(9-11)18-12(19)14(17)7-2-1-3-8-14;/h4-6,9,13H,1-3,7-8,17H2,(H,18,19);1H. The van der Waals surface area contributed by atoms with Crippen molar-refractivity contribution in [2.45, 2.75) is 44.3 Å². The second kappa shape index (κ2) is 7.56. The summed E-state index contributed by atoms with van der Waals surface area (Å²) in [6, 6.07) is 5.91. The minimum absolute atomic E-state index is 0. The van der Waals surface area contributed by atoms with Gasteiger partial charge < -0.3 is 15.8 Å². The van der Waals surface area contributed by atoms with E-state index in [2.05, 4.69) is 10.1 Å². The Bertz CT molecular complexity index is 480. The molecular formula is C14H19ClF2N2O2. The number of nitrogens with two attached hydrogens (primary N) is 1. The highest BCUT2D eigenvalue weighted by Gasteiger charge is 2.35. The topological polar surface area (TPSA) is 64.4 Å². The first-order valence-corrected chi connectivity index (χ1v) is 6.65. The molecule has 7 heteroatoms. The normalized spacial score (nSPS) is 17.0. The van der Waals surface area contributed by atoms with Crippen LogP contribution in [0.4, 0.5) is 14.5 Å². The van der Waals surface area contributed by atoms with Gasteiger partial charge in [-0.1, -0.05) is 25.3 Å². The molecule has 0 aromatic heterocycles. The van der Waals surface area contributed by atoms with Crippen molar-refractivity contribution in [2.24, 2.45) is 5.73 Å². The fourth-order valence-corrected chi connectivity index (χ4v) is 2.42. The first-order valence-electron chi connectivity index (χ1n) is 6.65. The smallest absolute Gasteiger partial charge is 0.387 e. The Morgan fingerprint density at radius 2 is 1.95 bits per heavy atom. The maximum atomic E-state index is 12.2. The molecule has 1 aliphatic carbocycles. The highest BCUT2D eigenvalue weighted by atomic mass is 35.5. The molecule has 1 aromatic carbocycles. The molecule has 1 fully saturated rings. The molecule has 0 aliphatic heterocycles. The first-order chi connectivity index (χ1) is 9.49. The molecule has 21 heavy (non-hydrogen) atoms. The number of hydrogen-bond donors (Lipinski definition) is 2. The van der Waals surface area contributed by atoms with Gasteiger partial charge in [-0.05, 0) is 25.0 Å². The van der Waals surface area contributed by atoms with Crippen LogP contribution in [0.25, 0.3) is 0 Å². The number of amides is 1. The molecule has 0 atom stereocenters. The number of ether oxygens (including phenoxy) is 1. The van der Waals surface area contributed by atoms with E-state index in [9.17, 15) is 13.6 Å². The molecular weight excluding hydrogens is 302 g/mol. The van der Waals surface area contributed by atoms with Crippen LogP contribution >= 0.6 is 12.4 Å². The van der Waals surface area contributed by atoms with Crippen LogP contribution in [0.5, 0.6) is 5.75 Å². The van der Waals surface area contributed by atoms with Gasteiger partial charge in [0.2, 0.25) is 5.91 Å². The number of nitrogens with one attached hydrogen (secondary N) is 1. The van der Waals surface area contributed by atoms with Gasteiger partial charge in [-0.15, -0.1) is 12.4 Å². The van der Waals surface area contributed by atoms with Gasteiger partial charge in [0.25, 0.3) is 0 Å². The van der Waals surface area contributed by atoms with Crippen molar-refractivity contribution in [3.05, 3.63) is 24.3 Å². The maximum Gasteiger partial charge on any atom is 0.387 e. The third-order valence-corrected chi connectivity index (χ3v) is 3.52.